The van der Waals surface area contributed by atoms with Crippen LogP contribution in [0, 0.1) is 0 Å². The number of carbonyl (C=O) groups is 2. The van der Waals surface area contributed by atoms with Crippen LogP contribution in [0.4, 0.5) is 0 Å². The molecule has 1 aliphatic heterocycles. The third-order valence-corrected chi connectivity index (χ3v) is 5.02. The predicted molar refractivity (Wildman–Crippen MR) is 110 cm³/mol. The molecule has 30 heavy (non-hydrogen) atoms. The molecule has 0 spiro atoms. The Labute approximate surface area is 175 Å². The third-order valence-electron chi connectivity index (χ3n) is 5.02. The van der Waals surface area contributed by atoms with Gasteiger partial charge in [0.2, 0.25) is 5.91 Å². The monoisotopic (exact) mass is 413 g/mol. The maximum Gasteiger partial charge on any atom is 0.335 e. The number of aromatic carboxylic acids is 1. The number of amides is 1. The Balaban J connectivity index is 1.37. The highest BCUT2D eigenvalue weighted by Crippen LogP contribution is 2.27. The quantitative estimate of drug-likeness (QED) is 0.652. The van der Waals surface area contributed by atoms with Gasteiger partial charge in [0.05, 0.1) is 12.7 Å². The second-order valence-electron chi connectivity index (χ2n) is 7.21. The molecule has 8 heteroatoms. The van der Waals surface area contributed by atoms with Crippen molar-refractivity contribution in [2.75, 3.05) is 20.2 Å². The Kier molecular flexibility index (Phi) is 7.62. The fourth-order valence-electron chi connectivity index (χ4n) is 3.40. The van der Waals surface area contributed by atoms with E-state index in [9.17, 15) is 9.59 Å². The second-order valence-corrected chi connectivity index (χ2v) is 7.21. The highest BCUT2D eigenvalue weighted by Gasteiger charge is 2.22. The fraction of sp³-hybridized carbons (Fsp3) is 0.409. The van der Waals surface area contributed by atoms with Gasteiger partial charge >= 0.3 is 5.97 Å². The molecule has 0 radical (unpaired) electrons. The van der Waals surface area contributed by atoms with Crippen LogP contribution in [0.2, 0.25) is 0 Å². The van der Waals surface area contributed by atoms with E-state index in [1.54, 1.807) is 13.2 Å². The van der Waals surface area contributed by atoms with Crippen molar-refractivity contribution in [2.24, 2.45) is 0 Å². The first kappa shape index (κ1) is 21.6. The van der Waals surface area contributed by atoms with Crippen LogP contribution in [0.1, 0.15) is 41.7 Å². The molecule has 1 aromatic heterocycles. The first-order valence-corrected chi connectivity index (χ1v) is 10.1. The molecule has 2 N–H and O–H groups in total. The Bertz CT molecular complexity index is 865. The van der Waals surface area contributed by atoms with Crippen LogP contribution in [-0.2, 0) is 11.2 Å². The zero-order valence-corrected chi connectivity index (χ0v) is 17.0. The molecule has 0 atom stereocenters. The van der Waals surface area contributed by atoms with Gasteiger partial charge in [-0.05, 0) is 49.9 Å². The number of ether oxygens (including phenoxy) is 1. The average molecular weight is 413 g/mol. The molecule has 2 heterocycles. The molecule has 2 aromatic rings. The fourth-order valence-corrected chi connectivity index (χ4v) is 3.40. The van der Waals surface area contributed by atoms with Gasteiger partial charge in [-0.3, -0.25) is 9.78 Å². The minimum Gasteiger partial charge on any atom is -0.493 e. The number of para-hydroxylation sites is 2. The lowest BCUT2D eigenvalue weighted by Crippen LogP contribution is -2.45. The lowest BCUT2D eigenvalue weighted by molar-refractivity contribution is -0.123. The molecule has 1 aromatic carbocycles. The maximum atomic E-state index is 12.2. The van der Waals surface area contributed by atoms with E-state index in [2.05, 4.69) is 10.3 Å². The number of pyridine rings is 1. The summed E-state index contributed by atoms with van der Waals surface area (Å²) in [5.41, 5.74) is 0.899. The molecule has 160 valence electrons. The van der Waals surface area contributed by atoms with Gasteiger partial charge in [-0.25, -0.2) is 4.79 Å². The van der Waals surface area contributed by atoms with Crippen LogP contribution in [0.15, 0.2) is 42.6 Å². The summed E-state index contributed by atoms with van der Waals surface area (Å²) in [6, 6.07) is 10.7. The lowest BCUT2D eigenvalue weighted by Gasteiger charge is -2.31. The molecule has 8 nitrogen and oxygen atoms in total. The van der Waals surface area contributed by atoms with E-state index in [1.807, 2.05) is 29.3 Å². The molecule has 0 aliphatic carbocycles. The van der Waals surface area contributed by atoms with Crippen molar-refractivity contribution in [3.05, 3.63) is 53.9 Å². The number of benzene rings is 1. The average Bonchev–Trinajstić information content (AvgIpc) is 2.75. The van der Waals surface area contributed by atoms with Crippen molar-refractivity contribution >= 4 is 11.9 Å². The zero-order valence-electron chi connectivity index (χ0n) is 17.0. The summed E-state index contributed by atoms with van der Waals surface area (Å²) in [6.07, 6.45) is 4.68. The van der Waals surface area contributed by atoms with Crippen LogP contribution in [0.5, 0.6) is 11.5 Å². The number of aromatic nitrogens is 1. The highest BCUT2D eigenvalue weighted by atomic mass is 16.7. The molecule has 1 saturated heterocycles. The van der Waals surface area contributed by atoms with E-state index in [0.29, 0.717) is 36.5 Å². The van der Waals surface area contributed by atoms with Gasteiger partial charge in [-0.2, -0.15) is 0 Å². The van der Waals surface area contributed by atoms with E-state index < -0.39 is 5.97 Å². The van der Waals surface area contributed by atoms with E-state index in [1.165, 1.54) is 12.3 Å². The number of rotatable bonds is 9. The summed E-state index contributed by atoms with van der Waals surface area (Å²) >= 11 is 0. The molecule has 3 rings (SSSR count). The zero-order chi connectivity index (χ0) is 21.3. The summed E-state index contributed by atoms with van der Waals surface area (Å²) in [6.45, 7) is 1.43. The molecule has 0 bridgehead atoms. The molecule has 0 unspecified atom stereocenters. The van der Waals surface area contributed by atoms with Gasteiger partial charge in [0, 0.05) is 37.4 Å². The summed E-state index contributed by atoms with van der Waals surface area (Å²) < 4.78 is 5.31. The van der Waals surface area contributed by atoms with Crippen molar-refractivity contribution in [1.29, 1.82) is 0 Å². The first-order chi connectivity index (χ1) is 14.5. The highest BCUT2D eigenvalue weighted by molar-refractivity contribution is 5.87. The van der Waals surface area contributed by atoms with Gasteiger partial charge < -0.3 is 20.0 Å². The standard InChI is InChI=1S/C22H27N3O5/c1-29-19-6-2-3-7-20(19)30-25-13-10-17(11-14-25)24-21(26)8-4-5-18-15-16(22(27)28)9-12-23-18/h2-3,6-7,9,12,15,17H,4-5,8,10-11,13-14H2,1H3,(H,24,26)(H,27,28). The van der Waals surface area contributed by atoms with E-state index in [0.717, 1.165) is 25.9 Å². The van der Waals surface area contributed by atoms with Crippen LogP contribution in [-0.4, -0.2) is 53.3 Å². The Morgan fingerprint density at radius 2 is 1.93 bits per heavy atom. The number of nitrogens with zero attached hydrogens (tertiary/aromatic N) is 2. The number of nitrogens with one attached hydrogen (secondary N) is 1. The van der Waals surface area contributed by atoms with E-state index >= 15 is 0 Å². The second kappa shape index (κ2) is 10.6. The Hall–Kier alpha value is -3.13. The molecule has 1 fully saturated rings. The largest absolute Gasteiger partial charge is 0.493 e. The maximum absolute atomic E-state index is 12.2. The minimum atomic E-state index is -0.975. The third kappa shape index (κ3) is 6.18. The Morgan fingerprint density at radius 3 is 2.63 bits per heavy atom. The number of carboxylic acid groups (broad SMARTS) is 1. The van der Waals surface area contributed by atoms with Gasteiger partial charge in [0.25, 0.3) is 0 Å². The number of methoxy groups -OCH3 is 1. The lowest BCUT2D eigenvalue weighted by atomic mass is 10.1. The number of aryl methyl sites for hydroxylation is 1. The SMILES string of the molecule is COc1ccccc1ON1CCC(NC(=O)CCCc2cc(C(=O)O)ccn2)CC1. The number of carbonyl (C=O) groups excluding carboxylic acids is 1. The minimum absolute atomic E-state index is 0.00786. The summed E-state index contributed by atoms with van der Waals surface area (Å²) in [4.78, 5) is 33.3. The topological polar surface area (TPSA) is 101 Å². The smallest absolute Gasteiger partial charge is 0.335 e. The van der Waals surface area contributed by atoms with Crippen molar-refractivity contribution in [2.45, 2.75) is 38.1 Å². The van der Waals surface area contributed by atoms with Crippen LogP contribution < -0.4 is 14.9 Å². The number of hydroxylamine groups is 2. The summed E-state index contributed by atoms with van der Waals surface area (Å²) in [5.74, 6) is 0.408. The molecule has 0 saturated carbocycles. The molecular weight excluding hydrogens is 386 g/mol. The van der Waals surface area contributed by atoms with Gasteiger partial charge in [0.1, 0.15) is 0 Å². The number of piperidine rings is 1. The van der Waals surface area contributed by atoms with E-state index in [4.69, 9.17) is 14.7 Å². The van der Waals surface area contributed by atoms with Gasteiger partial charge in [-0.15, -0.1) is 5.06 Å². The van der Waals surface area contributed by atoms with Gasteiger partial charge in [-0.1, -0.05) is 12.1 Å². The number of carboxylic acids is 1. The van der Waals surface area contributed by atoms with Crippen molar-refractivity contribution in [3.63, 3.8) is 0 Å². The predicted octanol–water partition coefficient (Wildman–Crippen LogP) is 2.69. The molecule has 1 aliphatic rings. The molecule has 1 amide bonds. The van der Waals surface area contributed by atoms with Crippen molar-refractivity contribution in [3.8, 4) is 11.5 Å². The normalized spacial score (nSPS) is 14.8. The molecular formula is C22H27N3O5. The van der Waals surface area contributed by atoms with Crippen molar-refractivity contribution < 1.29 is 24.3 Å². The van der Waals surface area contributed by atoms with E-state index in [-0.39, 0.29) is 17.5 Å². The Morgan fingerprint density at radius 1 is 1.20 bits per heavy atom. The van der Waals surface area contributed by atoms with Crippen LogP contribution >= 0.6 is 0 Å². The summed E-state index contributed by atoms with van der Waals surface area (Å²) in [7, 11) is 1.61. The number of hydrogen-bond acceptors (Lipinski definition) is 6. The summed E-state index contributed by atoms with van der Waals surface area (Å²) in [5, 5.41) is 14.0. The van der Waals surface area contributed by atoms with Crippen LogP contribution in [0.3, 0.4) is 0 Å². The first-order valence-electron chi connectivity index (χ1n) is 10.1. The number of hydrogen-bond donors (Lipinski definition) is 2. The van der Waals surface area contributed by atoms with Crippen LogP contribution in [0.25, 0.3) is 0 Å². The van der Waals surface area contributed by atoms with Crippen molar-refractivity contribution in [1.82, 2.24) is 15.4 Å². The van der Waals surface area contributed by atoms with Gasteiger partial charge in [0.15, 0.2) is 11.5 Å².